The molecule has 0 unspecified atom stereocenters. The number of amides is 3. The van der Waals surface area contributed by atoms with Crippen LogP contribution in [0.25, 0.3) is 0 Å². The zero-order chi connectivity index (χ0) is 21.3. The van der Waals surface area contributed by atoms with Crippen LogP contribution in [0.4, 0.5) is 14.2 Å². The van der Waals surface area contributed by atoms with Crippen molar-refractivity contribution in [1.29, 1.82) is 0 Å². The van der Waals surface area contributed by atoms with Crippen molar-refractivity contribution >= 4 is 28.3 Å². The Morgan fingerprint density at radius 2 is 2.03 bits per heavy atom. The summed E-state index contributed by atoms with van der Waals surface area (Å²) < 4.78 is 14.9. The van der Waals surface area contributed by atoms with Gasteiger partial charge in [-0.15, -0.1) is 11.3 Å². The number of carbonyl (C=O) groups excluding carboxylic acids is 2. The number of halogens is 1. The number of aromatic nitrogens is 2. The van der Waals surface area contributed by atoms with Crippen LogP contribution in [0, 0.1) is 12.7 Å². The maximum absolute atomic E-state index is 13.1. The summed E-state index contributed by atoms with van der Waals surface area (Å²) in [5, 5.41) is 3.63. The normalized spacial score (nSPS) is 13.9. The molecule has 2 aromatic heterocycles. The Hall–Kier alpha value is -3.20. The fourth-order valence-electron chi connectivity index (χ4n) is 3.38. The number of hydrogen-bond donors (Lipinski definition) is 1. The van der Waals surface area contributed by atoms with E-state index >= 15 is 0 Å². The van der Waals surface area contributed by atoms with Gasteiger partial charge >= 0.3 is 6.03 Å². The van der Waals surface area contributed by atoms with Crippen molar-refractivity contribution in [3.63, 3.8) is 0 Å². The Morgan fingerprint density at radius 1 is 1.27 bits per heavy atom. The molecule has 3 amide bonds. The average Bonchev–Trinajstić information content (AvgIpc) is 3.41. The van der Waals surface area contributed by atoms with Gasteiger partial charge in [0, 0.05) is 32.9 Å². The minimum atomic E-state index is -0.295. The quantitative estimate of drug-likeness (QED) is 0.656. The molecule has 0 spiro atoms. The van der Waals surface area contributed by atoms with E-state index in [1.165, 1.54) is 23.5 Å². The Balaban J connectivity index is 1.41. The van der Waals surface area contributed by atoms with Gasteiger partial charge in [0.25, 0.3) is 5.91 Å². The number of nitrogens with zero attached hydrogens (tertiary/aromatic N) is 4. The van der Waals surface area contributed by atoms with Crippen LogP contribution in [-0.4, -0.2) is 39.5 Å². The van der Waals surface area contributed by atoms with E-state index in [4.69, 9.17) is 0 Å². The molecule has 0 radical (unpaired) electrons. The van der Waals surface area contributed by atoms with Crippen LogP contribution >= 0.6 is 11.3 Å². The fourth-order valence-corrected chi connectivity index (χ4v) is 4.49. The van der Waals surface area contributed by atoms with Crippen molar-refractivity contribution in [2.45, 2.75) is 20.0 Å². The lowest BCUT2D eigenvalue weighted by atomic mass is 10.2. The molecule has 0 atom stereocenters. The summed E-state index contributed by atoms with van der Waals surface area (Å²) in [6, 6.07) is 7.92. The molecule has 4 rings (SSSR count). The van der Waals surface area contributed by atoms with E-state index in [1.807, 2.05) is 30.8 Å². The van der Waals surface area contributed by atoms with Gasteiger partial charge in [-0.2, -0.15) is 0 Å². The predicted octanol–water partition coefficient (Wildman–Crippen LogP) is 3.30. The minimum absolute atomic E-state index is 0.110. The van der Waals surface area contributed by atoms with Crippen molar-refractivity contribution < 1.29 is 14.0 Å². The van der Waals surface area contributed by atoms with Crippen LogP contribution in [0.1, 0.15) is 26.5 Å². The first-order valence-corrected chi connectivity index (χ1v) is 10.4. The molecule has 1 aliphatic heterocycles. The lowest BCUT2D eigenvalue weighted by Gasteiger charge is -2.17. The zero-order valence-corrected chi connectivity index (χ0v) is 17.6. The van der Waals surface area contributed by atoms with Gasteiger partial charge in [-0.05, 0) is 36.2 Å². The van der Waals surface area contributed by atoms with Gasteiger partial charge in [-0.3, -0.25) is 9.69 Å². The average molecular weight is 428 g/mol. The van der Waals surface area contributed by atoms with E-state index in [1.54, 1.807) is 28.3 Å². The number of hydrogen-bond acceptors (Lipinski definition) is 4. The van der Waals surface area contributed by atoms with Crippen LogP contribution in [0.2, 0.25) is 0 Å². The van der Waals surface area contributed by atoms with Crippen LogP contribution in [-0.2, 0) is 20.1 Å². The molecule has 9 heteroatoms. The topological polar surface area (TPSA) is 70.5 Å². The molecule has 1 N–H and O–H groups in total. The second-order valence-electron chi connectivity index (χ2n) is 7.29. The third-order valence-electron chi connectivity index (χ3n) is 4.95. The molecule has 1 aliphatic rings. The maximum atomic E-state index is 13.1. The Bertz CT molecular complexity index is 1080. The van der Waals surface area contributed by atoms with Crippen molar-refractivity contribution in [2.75, 3.05) is 18.0 Å². The highest BCUT2D eigenvalue weighted by Crippen LogP contribution is 2.32. The van der Waals surface area contributed by atoms with Crippen LogP contribution in [0.15, 0.2) is 42.9 Å². The Labute approximate surface area is 177 Å². The first kappa shape index (κ1) is 20.1. The van der Waals surface area contributed by atoms with E-state index in [0.29, 0.717) is 31.1 Å². The van der Waals surface area contributed by atoms with Crippen molar-refractivity contribution in [2.24, 2.45) is 7.05 Å². The van der Waals surface area contributed by atoms with E-state index in [0.717, 1.165) is 21.8 Å². The second-order valence-corrected chi connectivity index (χ2v) is 8.32. The van der Waals surface area contributed by atoms with Crippen molar-refractivity contribution in [3.8, 4) is 0 Å². The van der Waals surface area contributed by atoms with Crippen LogP contribution in [0.5, 0.6) is 0 Å². The number of aryl methyl sites for hydroxylation is 2. The first-order chi connectivity index (χ1) is 14.4. The summed E-state index contributed by atoms with van der Waals surface area (Å²) in [6.45, 7) is 3.77. The monoisotopic (exact) mass is 427 g/mol. The van der Waals surface area contributed by atoms with Gasteiger partial charge in [0.1, 0.15) is 10.8 Å². The highest BCUT2D eigenvalue weighted by molar-refractivity contribution is 7.18. The van der Waals surface area contributed by atoms with Crippen LogP contribution < -0.4 is 10.2 Å². The van der Waals surface area contributed by atoms with Gasteiger partial charge < -0.3 is 14.8 Å². The standard InChI is InChI=1S/C21H22FN5O2S/c1-14-9-18(30-19(14)20(28)23-10-17-12-25(2)13-24-17)27-8-7-26(21(27)29)11-15-3-5-16(22)6-4-15/h3-6,9,12-13H,7-8,10-11H2,1-2H3,(H,23,28). The van der Waals surface area contributed by atoms with Gasteiger partial charge in [0.2, 0.25) is 0 Å². The van der Waals surface area contributed by atoms with E-state index in [9.17, 15) is 14.0 Å². The highest BCUT2D eigenvalue weighted by atomic mass is 32.1. The number of urea groups is 1. The fraction of sp³-hybridized carbons (Fsp3) is 0.286. The van der Waals surface area contributed by atoms with E-state index in [2.05, 4.69) is 10.3 Å². The molecule has 0 bridgehead atoms. The van der Waals surface area contributed by atoms with E-state index < -0.39 is 0 Å². The summed E-state index contributed by atoms with van der Waals surface area (Å²) in [4.78, 5) is 33.7. The third kappa shape index (κ3) is 4.20. The summed E-state index contributed by atoms with van der Waals surface area (Å²) >= 11 is 1.31. The number of nitrogens with one attached hydrogen (secondary N) is 1. The Morgan fingerprint density at radius 3 is 2.73 bits per heavy atom. The first-order valence-electron chi connectivity index (χ1n) is 9.57. The second kappa shape index (κ2) is 8.27. The number of thiophene rings is 1. The molecule has 0 saturated carbocycles. The minimum Gasteiger partial charge on any atom is -0.346 e. The Kier molecular flexibility index (Phi) is 5.54. The maximum Gasteiger partial charge on any atom is 0.325 e. The smallest absolute Gasteiger partial charge is 0.325 e. The molecule has 0 aliphatic carbocycles. The SMILES string of the molecule is Cc1cc(N2CCN(Cc3ccc(F)cc3)C2=O)sc1C(=O)NCc1cn(C)cn1. The third-order valence-corrected chi connectivity index (χ3v) is 6.21. The highest BCUT2D eigenvalue weighted by Gasteiger charge is 2.31. The lowest BCUT2D eigenvalue weighted by molar-refractivity contribution is 0.0954. The predicted molar refractivity (Wildman–Crippen MR) is 113 cm³/mol. The largest absolute Gasteiger partial charge is 0.346 e. The van der Waals surface area contributed by atoms with Gasteiger partial charge in [0.05, 0.1) is 23.4 Å². The molecular formula is C21H22FN5O2S. The summed E-state index contributed by atoms with van der Waals surface area (Å²) in [7, 11) is 1.88. The molecule has 1 fully saturated rings. The number of benzene rings is 1. The molecule has 7 nitrogen and oxygen atoms in total. The van der Waals surface area contributed by atoms with Gasteiger partial charge in [-0.1, -0.05) is 12.1 Å². The molecule has 1 saturated heterocycles. The molecule has 1 aromatic carbocycles. The molecule has 30 heavy (non-hydrogen) atoms. The van der Waals surface area contributed by atoms with Crippen molar-refractivity contribution in [1.82, 2.24) is 19.8 Å². The lowest BCUT2D eigenvalue weighted by Crippen LogP contribution is -2.31. The van der Waals surface area contributed by atoms with Crippen molar-refractivity contribution in [3.05, 3.63) is 70.4 Å². The summed E-state index contributed by atoms with van der Waals surface area (Å²) in [6.07, 6.45) is 3.54. The molecule has 3 aromatic rings. The molecule has 3 heterocycles. The summed E-state index contributed by atoms with van der Waals surface area (Å²) in [5.41, 5.74) is 2.49. The summed E-state index contributed by atoms with van der Waals surface area (Å²) in [5.74, 6) is -0.472. The molecule has 156 valence electrons. The van der Waals surface area contributed by atoms with Crippen LogP contribution in [0.3, 0.4) is 0 Å². The van der Waals surface area contributed by atoms with Gasteiger partial charge in [0.15, 0.2) is 0 Å². The zero-order valence-electron chi connectivity index (χ0n) is 16.8. The molecular weight excluding hydrogens is 405 g/mol. The van der Waals surface area contributed by atoms with Gasteiger partial charge in [-0.25, -0.2) is 14.2 Å². The number of rotatable bonds is 6. The van der Waals surface area contributed by atoms with E-state index in [-0.39, 0.29) is 17.8 Å². The number of anilines is 1. The number of carbonyl (C=O) groups is 2. The number of imidazole rings is 1.